The molecule has 0 heterocycles. The minimum absolute atomic E-state index is 0.0422. The molecule has 0 saturated heterocycles. The third-order valence-corrected chi connectivity index (χ3v) is 2.96. The van der Waals surface area contributed by atoms with Crippen LogP contribution in [0.15, 0.2) is 18.2 Å². The SMILES string of the molecule is COC(=O)C(Nc1ccc(F)c(C#N)c1)C1CC1. The number of carbonyl (C=O) groups excluding carboxylic acids is 1. The van der Waals surface area contributed by atoms with E-state index in [1.54, 1.807) is 6.07 Å². The van der Waals surface area contributed by atoms with Gasteiger partial charge in [-0.1, -0.05) is 0 Å². The van der Waals surface area contributed by atoms with Gasteiger partial charge in [-0.2, -0.15) is 5.26 Å². The summed E-state index contributed by atoms with van der Waals surface area (Å²) < 4.78 is 17.9. The monoisotopic (exact) mass is 248 g/mol. The van der Waals surface area contributed by atoms with Gasteiger partial charge in [0.1, 0.15) is 17.9 Å². The molecule has 0 bridgehead atoms. The molecule has 1 fully saturated rings. The molecular weight excluding hydrogens is 235 g/mol. The van der Waals surface area contributed by atoms with Gasteiger partial charge in [-0.25, -0.2) is 9.18 Å². The molecule has 1 N–H and O–H groups in total. The molecule has 0 spiro atoms. The second-order valence-electron chi connectivity index (χ2n) is 4.29. The van der Waals surface area contributed by atoms with Gasteiger partial charge in [0.25, 0.3) is 0 Å². The Morgan fingerprint density at radius 3 is 2.89 bits per heavy atom. The number of ether oxygens (including phenoxy) is 1. The fraction of sp³-hybridized carbons (Fsp3) is 0.385. The lowest BCUT2D eigenvalue weighted by Gasteiger charge is -2.17. The zero-order valence-electron chi connectivity index (χ0n) is 9.94. The van der Waals surface area contributed by atoms with Crippen LogP contribution >= 0.6 is 0 Å². The fourth-order valence-electron chi connectivity index (χ4n) is 1.81. The molecule has 18 heavy (non-hydrogen) atoms. The number of methoxy groups -OCH3 is 1. The van der Waals surface area contributed by atoms with Crippen molar-refractivity contribution in [2.24, 2.45) is 5.92 Å². The summed E-state index contributed by atoms with van der Waals surface area (Å²) in [5.74, 6) is -0.641. The van der Waals surface area contributed by atoms with E-state index >= 15 is 0 Å². The van der Waals surface area contributed by atoms with Crippen LogP contribution in [0.1, 0.15) is 18.4 Å². The number of nitrogens with one attached hydrogen (secondary N) is 1. The first kappa shape index (κ1) is 12.4. The molecule has 0 aromatic heterocycles. The number of benzene rings is 1. The molecule has 0 aliphatic heterocycles. The third-order valence-electron chi connectivity index (χ3n) is 2.96. The Balaban J connectivity index is 2.16. The highest BCUT2D eigenvalue weighted by atomic mass is 19.1. The summed E-state index contributed by atoms with van der Waals surface area (Å²) in [6.07, 6.45) is 1.94. The van der Waals surface area contributed by atoms with Crippen molar-refractivity contribution in [1.82, 2.24) is 0 Å². The van der Waals surface area contributed by atoms with Crippen LogP contribution in [0.25, 0.3) is 0 Å². The van der Waals surface area contributed by atoms with Gasteiger partial charge in [-0.3, -0.25) is 0 Å². The van der Waals surface area contributed by atoms with Crippen LogP contribution in [0, 0.1) is 23.1 Å². The average molecular weight is 248 g/mol. The first-order chi connectivity index (χ1) is 8.65. The van der Waals surface area contributed by atoms with Crippen molar-refractivity contribution in [3.05, 3.63) is 29.6 Å². The van der Waals surface area contributed by atoms with Crippen molar-refractivity contribution in [2.45, 2.75) is 18.9 Å². The lowest BCUT2D eigenvalue weighted by molar-refractivity contribution is -0.142. The number of anilines is 1. The predicted molar refractivity (Wildman–Crippen MR) is 63.3 cm³/mol. The summed E-state index contributed by atoms with van der Waals surface area (Å²) >= 11 is 0. The summed E-state index contributed by atoms with van der Waals surface area (Å²) in [4.78, 5) is 11.6. The lowest BCUT2D eigenvalue weighted by Crippen LogP contribution is -2.32. The maximum absolute atomic E-state index is 13.2. The van der Waals surface area contributed by atoms with Gasteiger partial charge in [-0.05, 0) is 37.0 Å². The molecule has 1 aromatic rings. The first-order valence-electron chi connectivity index (χ1n) is 5.69. The quantitative estimate of drug-likeness (QED) is 0.828. The van der Waals surface area contributed by atoms with Gasteiger partial charge in [0.15, 0.2) is 0 Å². The van der Waals surface area contributed by atoms with E-state index in [1.165, 1.54) is 25.3 Å². The van der Waals surface area contributed by atoms with Gasteiger partial charge in [0.2, 0.25) is 0 Å². The van der Waals surface area contributed by atoms with E-state index in [9.17, 15) is 9.18 Å². The summed E-state index contributed by atoms with van der Waals surface area (Å²) in [6.45, 7) is 0. The molecular formula is C13H13FN2O2. The zero-order valence-corrected chi connectivity index (χ0v) is 9.94. The van der Waals surface area contributed by atoms with Crippen molar-refractivity contribution in [3.8, 4) is 6.07 Å². The number of halogens is 1. The van der Waals surface area contributed by atoms with E-state index in [1.807, 2.05) is 0 Å². The molecule has 2 rings (SSSR count). The Hall–Kier alpha value is -2.09. The van der Waals surface area contributed by atoms with E-state index in [0.29, 0.717) is 5.69 Å². The van der Waals surface area contributed by atoms with Gasteiger partial charge >= 0.3 is 5.97 Å². The van der Waals surface area contributed by atoms with E-state index in [2.05, 4.69) is 5.32 Å². The van der Waals surface area contributed by atoms with Crippen LogP contribution in [0.4, 0.5) is 10.1 Å². The third kappa shape index (κ3) is 2.59. The van der Waals surface area contributed by atoms with Crippen molar-refractivity contribution < 1.29 is 13.9 Å². The highest BCUT2D eigenvalue weighted by Crippen LogP contribution is 2.35. The molecule has 1 aliphatic rings. The van der Waals surface area contributed by atoms with Crippen molar-refractivity contribution >= 4 is 11.7 Å². The molecule has 1 saturated carbocycles. The predicted octanol–water partition coefficient (Wildman–Crippen LogP) is 2.06. The minimum Gasteiger partial charge on any atom is -0.467 e. The molecule has 1 aromatic carbocycles. The average Bonchev–Trinajstić information content (AvgIpc) is 3.21. The number of hydrogen-bond donors (Lipinski definition) is 1. The Morgan fingerprint density at radius 1 is 1.61 bits per heavy atom. The van der Waals surface area contributed by atoms with Gasteiger partial charge < -0.3 is 10.1 Å². The fourth-order valence-corrected chi connectivity index (χ4v) is 1.81. The molecule has 94 valence electrons. The normalized spacial score (nSPS) is 15.6. The summed E-state index contributed by atoms with van der Waals surface area (Å²) in [5.41, 5.74) is 0.509. The highest BCUT2D eigenvalue weighted by molar-refractivity contribution is 5.80. The Kier molecular flexibility index (Phi) is 3.47. The Morgan fingerprint density at radius 2 is 2.33 bits per heavy atom. The van der Waals surface area contributed by atoms with Gasteiger partial charge in [0, 0.05) is 5.69 Å². The number of carbonyl (C=O) groups is 1. The second-order valence-corrected chi connectivity index (χ2v) is 4.29. The standard InChI is InChI=1S/C13H13FN2O2/c1-18-13(17)12(8-2-3-8)16-10-4-5-11(14)9(6-10)7-15/h4-6,8,12,16H,2-3H2,1H3. The largest absolute Gasteiger partial charge is 0.467 e. The lowest BCUT2D eigenvalue weighted by atomic mass is 10.1. The Bertz CT molecular complexity index is 506. The number of nitrogens with zero attached hydrogens (tertiary/aromatic N) is 1. The highest BCUT2D eigenvalue weighted by Gasteiger charge is 2.37. The minimum atomic E-state index is -0.566. The van der Waals surface area contributed by atoms with Gasteiger partial charge in [0.05, 0.1) is 12.7 Å². The summed E-state index contributed by atoms with van der Waals surface area (Å²) in [6, 6.07) is 5.46. The number of nitriles is 1. The first-order valence-corrected chi connectivity index (χ1v) is 5.69. The van der Waals surface area contributed by atoms with E-state index in [-0.39, 0.29) is 17.5 Å². The van der Waals surface area contributed by atoms with Crippen LogP contribution in [-0.2, 0) is 9.53 Å². The number of rotatable bonds is 4. The number of hydrogen-bond acceptors (Lipinski definition) is 4. The van der Waals surface area contributed by atoms with E-state index < -0.39 is 11.9 Å². The van der Waals surface area contributed by atoms with Crippen LogP contribution in [0.5, 0.6) is 0 Å². The molecule has 1 unspecified atom stereocenters. The van der Waals surface area contributed by atoms with Crippen LogP contribution in [-0.4, -0.2) is 19.1 Å². The second kappa shape index (κ2) is 5.05. The summed E-state index contributed by atoms with van der Waals surface area (Å²) in [5, 5.41) is 11.7. The van der Waals surface area contributed by atoms with Crippen molar-refractivity contribution in [1.29, 1.82) is 5.26 Å². The van der Waals surface area contributed by atoms with Crippen LogP contribution in [0.2, 0.25) is 0 Å². The maximum atomic E-state index is 13.2. The summed E-state index contributed by atoms with van der Waals surface area (Å²) in [7, 11) is 1.34. The molecule has 1 atom stereocenters. The van der Waals surface area contributed by atoms with Crippen LogP contribution < -0.4 is 5.32 Å². The molecule has 5 heteroatoms. The number of esters is 1. The topological polar surface area (TPSA) is 62.1 Å². The molecule has 4 nitrogen and oxygen atoms in total. The Labute approximate surface area is 104 Å². The van der Waals surface area contributed by atoms with Crippen molar-refractivity contribution in [2.75, 3.05) is 12.4 Å². The van der Waals surface area contributed by atoms with E-state index in [4.69, 9.17) is 10.00 Å². The smallest absolute Gasteiger partial charge is 0.328 e. The maximum Gasteiger partial charge on any atom is 0.328 e. The zero-order chi connectivity index (χ0) is 13.1. The van der Waals surface area contributed by atoms with Gasteiger partial charge in [-0.15, -0.1) is 0 Å². The molecule has 0 radical (unpaired) electrons. The van der Waals surface area contributed by atoms with Crippen LogP contribution in [0.3, 0.4) is 0 Å². The van der Waals surface area contributed by atoms with Crippen molar-refractivity contribution in [3.63, 3.8) is 0 Å². The van der Waals surface area contributed by atoms with E-state index in [0.717, 1.165) is 12.8 Å². The molecule has 1 aliphatic carbocycles. The molecule has 0 amide bonds.